The first-order valence-electron chi connectivity index (χ1n) is 6.21. The third-order valence-electron chi connectivity index (χ3n) is 3.32. The number of aliphatic carboxylic acids is 1. The third-order valence-corrected chi connectivity index (χ3v) is 3.32. The van der Waals surface area contributed by atoms with Gasteiger partial charge in [0.1, 0.15) is 12.2 Å². The van der Waals surface area contributed by atoms with Crippen LogP contribution in [0.4, 0.5) is 0 Å². The number of rotatable bonds is 5. The fraction of sp³-hybridized carbons (Fsp3) is 0.750. The average Bonchev–Trinajstić information content (AvgIpc) is 2.60. The molecule has 1 saturated carbocycles. The van der Waals surface area contributed by atoms with Gasteiger partial charge in [-0.2, -0.15) is 5.10 Å². The topological polar surface area (TPSA) is 88.2 Å². The molecule has 1 fully saturated rings. The summed E-state index contributed by atoms with van der Waals surface area (Å²) >= 11 is 0. The molecule has 18 heavy (non-hydrogen) atoms. The molecule has 1 aromatic rings. The second-order valence-corrected chi connectivity index (χ2v) is 5.60. The fourth-order valence-corrected chi connectivity index (χ4v) is 2.39. The number of carboxylic acids is 1. The predicted molar refractivity (Wildman–Crippen MR) is 63.9 cm³/mol. The SMILES string of the molecule is CC(C)Cn1ncnc1CC1(O)CC(C(=O)O)C1. The van der Waals surface area contributed by atoms with Crippen LogP contribution < -0.4 is 0 Å². The van der Waals surface area contributed by atoms with Gasteiger partial charge in [0.25, 0.3) is 0 Å². The molecule has 0 atom stereocenters. The van der Waals surface area contributed by atoms with E-state index in [9.17, 15) is 9.90 Å². The highest BCUT2D eigenvalue weighted by Crippen LogP contribution is 2.40. The number of aromatic nitrogens is 3. The van der Waals surface area contributed by atoms with Crippen molar-refractivity contribution in [3.8, 4) is 0 Å². The molecule has 6 heteroatoms. The van der Waals surface area contributed by atoms with E-state index >= 15 is 0 Å². The van der Waals surface area contributed by atoms with Gasteiger partial charge in [-0.3, -0.25) is 4.79 Å². The summed E-state index contributed by atoms with van der Waals surface area (Å²) < 4.78 is 1.79. The molecular weight excluding hydrogens is 234 g/mol. The van der Waals surface area contributed by atoms with Crippen LogP contribution in [0.1, 0.15) is 32.5 Å². The van der Waals surface area contributed by atoms with Gasteiger partial charge in [0.15, 0.2) is 0 Å². The van der Waals surface area contributed by atoms with Crippen molar-refractivity contribution < 1.29 is 15.0 Å². The van der Waals surface area contributed by atoms with Crippen molar-refractivity contribution in [1.82, 2.24) is 14.8 Å². The molecule has 0 bridgehead atoms. The van der Waals surface area contributed by atoms with Crippen LogP contribution in [0.5, 0.6) is 0 Å². The summed E-state index contributed by atoms with van der Waals surface area (Å²) in [7, 11) is 0. The number of hydrogen-bond acceptors (Lipinski definition) is 4. The molecule has 2 N–H and O–H groups in total. The predicted octanol–water partition coefficient (Wildman–Crippen LogP) is 0.702. The lowest BCUT2D eigenvalue weighted by molar-refractivity contribution is -0.158. The molecule has 0 amide bonds. The first kappa shape index (κ1) is 13.0. The number of hydrogen-bond donors (Lipinski definition) is 2. The van der Waals surface area contributed by atoms with E-state index in [0.717, 1.165) is 12.4 Å². The molecule has 0 unspecified atom stereocenters. The number of aliphatic hydroxyl groups is 1. The van der Waals surface area contributed by atoms with E-state index in [0.29, 0.717) is 25.2 Å². The standard InChI is InChI=1S/C12H19N3O3/c1-8(2)6-15-10(13-7-14-15)5-12(18)3-9(4-12)11(16)17/h7-9,18H,3-6H2,1-2H3,(H,16,17). The van der Waals surface area contributed by atoms with Gasteiger partial charge in [0.2, 0.25) is 0 Å². The van der Waals surface area contributed by atoms with Gasteiger partial charge in [-0.05, 0) is 18.8 Å². The van der Waals surface area contributed by atoms with Crippen molar-refractivity contribution >= 4 is 5.97 Å². The normalized spacial score (nSPS) is 27.2. The first-order chi connectivity index (χ1) is 8.39. The molecule has 1 aliphatic rings. The lowest BCUT2D eigenvalue weighted by atomic mass is 9.69. The minimum absolute atomic E-state index is 0.302. The van der Waals surface area contributed by atoms with Crippen LogP contribution in [-0.4, -0.2) is 36.5 Å². The maximum absolute atomic E-state index is 10.7. The third kappa shape index (κ3) is 2.69. The van der Waals surface area contributed by atoms with Crippen LogP contribution in [0.15, 0.2) is 6.33 Å². The fourth-order valence-electron chi connectivity index (χ4n) is 2.39. The zero-order valence-corrected chi connectivity index (χ0v) is 10.7. The highest BCUT2D eigenvalue weighted by molar-refractivity contribution is 5.71. The maximum Gasteiger partial charge on any atom is 0.306 e. The highest BCUT2D eigenvalue weighted by Gasteiger charge is 2.47. The Kier molecular flexibility index (Phi) is 3.38. The van der Waals surface area contributed by atoms with Crippen LogP contribution >= 0.6 is 0 Å². The number of nitrogens with zero attached hydrogens (tertiary/aromatic N) is 3. The Hall–Kier alpha value is -1.43. The summed E-state index contributed by atoms with van der Waals surface area (Å²) in [4.78, 5) is 14.9. The molecule has 1 aliphatic carbocycles. The highest BCUT2D eigenvalue weighted by atomic mass is 16.4. The zero-order valence-electron chi connectivity index (χ0n) is 10.7. The molecule has 6 nitrogen and oxygen atoms in total. The Morgan fingerprint density at radius 3 is 2.83 bits per heavy atom. The smallest absolute Gasteiger partial charge is 0.306 e. The summed E-state index contributed by atoms with van der Waals surface area (Å²) in [5.74, 6) is -0.0666. The van der Waals surface area contributed by atoms with E-state index in [1.165, 1.54) is 6.33 Å². The average molecular weight is 253 g/mol. The van der Waals surface area contributed by atoms with Crippen molar-refractivity contribution in [2.75, 3.05) is 0 Å². The largest absolute Gasteiger partial charge is 0.481 e. The van der Waals surface area contributed by atoms with Crippen LogP contribution in [0.2, 0.25) is 0 Å². The van der Waals surface area contributed by atoms with Crippen molar-refractivity contribution in [1.29, 1.82) is 0 Å². The van der Waals surface area contributed by atoms with Gasteiger partial charge in [-0.1, -0.05) is 13.8 Å². The summed E-state index contributed by atoms with van der Waals surface area (Å²) in [6, 6.07) is 0. The second kappa shape index (κ2) is 4.68. The van der Waals surface area contributed by atoms with E-state index in [4.69, 9.17) is 5.11 Å². The summed E-state index contributed by atoms with van der Waals surface area (Å²) in [6.07, 6.45) is 2.46. The molecule has 0 spiro atoms. The van der Waals surface area contributed by atoms with Gasteiger partial charge < -0.3 is 10.2 Å². The lowest BCUT2D eigenvalue weighted by Gasteiger charge is -2.41. The van der Waals surface area contributed by atoms with Crippen molar-refractivity contribution in [3.05, 3.63) is 12.2 Å². The Balaban J connectivity index is 1.98. The quantitative estimate of drug-likeness (QED) is 0.806. The first-order valence-corrected chi connectivity index (χ1v) is 6.21. The van der Waals surface area contributed by atoms with Crippen LogP contribution in [0, 0.1) is 11.8 Å². The van der Waals surface area contributed by atoms with Crippen LogP contribution in [0.25, 0.3) is 0 Å². The van der Waals surface area contributed by atoms with Crippen molar-refractivity contribution in [2.24, 2.45) is 11.8 Å². The van der Waals surface area contributed by atoms with E-state index in [1.54, 1.807) is 4.68 Å². The molecule has 0 aromatic carbocycles. The zero-order chi connectivity index (χ0) is 13.3. The van der Waals surface area contributed by atoms with Gasteiger partial charge >= 0.3 is 5.97 Å². The Morgan fingerprint density at radius 2 is 2.28 bits per heavy atom. The Labute approximate surface area is 106 Å². The minimum atomic E-state index is -0.926. The summed E-state index contributed by atoms with van der Waals surface area (Å²) in [5, 5.41) is 23.2. The molecule has 1 aromatic heterocycles. The summed E-state index contributed by atoms with van der Waals surface area (Å²) in [5.41, 5.74) is -0.926. The van der Waals surface area contributed by atoms with E-state index in [-0.39, 0.29) is 0 Å². The molecule has 2 rings (SSSR count). The Bertz CT molecular complexity index is 436. The maximum atomic E-state index is 10.7. The van der Waals surface area contributed by atoms with Crippen LogP contribution in [-0.2, 0) is 17.8 Å². The van der Waals surface area contributed by atoms with Gasteiger partial charge in [0.05, 0.1) is 11.5 Å². The molecule has 0 saturated heterocycles. The summed E-state index contributed by atoms with van der Waals surface area (Å²) in [6.45, 7) is 4.93. The Morgan fingerprint density at radius 1 is 1.61 bits per heavy atom. The minimum Gasteiger partial charge on any atom is -0.481 e. The van der Waals surface area contributed by atoms with Crippen molar-refractivity contribution in [3.63, 3.8) is 0 Å². The van der Waals surface area contributed by atoms with Crippen molar-refractivity contribution in [2.45, 2.75) is 45.3 Å². The van der Waals surface area contributed by atoms with Crippen LogP contribution in [0.3, 0.4) is 0 Å². The van der Waals surface area contributed by atoms with E-state index in [2.05, 4.69) is 23.9 Å². The number of carbonyl (C=O) groups is 1. The lowest BCUT2D eigenvalue weighted by Crippen LogP contribution is -2.49. The van der Waals surface area contributed by atoms with Gasteiger partial charge in [-0.15, -0.1) is 0 Å². The van der Waals surface area contributed by atoms with Gasteiger partial charge in [-0.25, -0.2) is 9.67 Å². The van der Waals surface area contributed by atoms with E-state index in [1.807, 2.05) is 0 Å². The molecule has 0 aliphatic heterocycles. The monoisotopic (exact) mass is 253 g/mol. The van der Waals surface area contributed by atoms with E-state index < -0.39 is 17.5 Å². The molecule has 0 radical (unpaired) electrons. The number of carboxylic acid groups (broad SMARTS) is 1. The molecular formula is C12H19N3O3. The molecule has 1 heterocycles. The second-order valence-electron chi connectivity index (χ2n) is 5.60. The molecule has 100 valence electrons. The van der Waals surface area contributed by atoms with Gasteiger partial charge in [0, 0.05) is 13.0 Å².